The Morgan fingerprint density at radius 1 is 1.44 bits per heavy atom. The second-order valence-electron chi connectivity index (χ2n) is 3.60. The Kier molecular flexibility index (Phi) is 8.08. The Balaban J connectivity index is 2.09. The van der Waals surface area contributed by atoms with Crippen LogP contribution in [-0.2, 0) is 16.1 Å². The first kappa shape index (κ1) is 16.1. The summed E-state index contributed by atoms with van der Waals surface area (Å²) >= 11 is 8.57. The van der Waals surface area contributed by atoms with Crippen molar-refractivity contribution in [2.45, 2.75) is 13.0 Å². The molecule has 7 heteroatoms. The van der Waals surface area contributed by atoms with Crippen LogP contribution in [0.3, 0.4) is 0 Å². The summed E-state index contributed by atoms with van der Waals surface area (Å²) in [5.74, 6) is 0.0492. The molecule has 0 saturated heterocycles. The standard InChI is InChI=1S/C11H16Br2N2O2S/c1-17-5-4-15-10(16)2-3-14-7-8-6-9(12)11(13)18-8/h6,14H,2-5,7H2,1H3,(H,15,16). The van der Waals surface area contributed by atoms with Crippen molar-refractivity contribution in [1.82, 2.24) is 10.6 Å². The van der Waals surface area contributed by atoms with Gasteiger partial charge in [-0.3, -0.25) is 4.79 Å². The van der Waals surface area contributed by atoms with Crippen LogP contribution >= 0.6 is 43.2 Å². The highest BCUT2D eigenvalue weighted by Gasteiger charge is 2.04. The van der Waals surface area contributed by atoms with Crippen LogP contribution in [0.15, 0.2) is 14.3 Å². The van der Waals surface area contributed by atoms with Gasteiger partial charge in [0.15, 0.2) is 0 Å². The summed E-state index contributed by atoms with van der Waals surface area (Å²) in [6.45, 7) is 2.57. The van der Waals surface area contributed by atoms with E-state index >= 15 is 0 Å². The van der Waals surface area contributed by atoms with Crippen molar-refractivity contribution >= 4 is 49.1 Å². The molecule has 0 aliphatic rings. The lowest BCUT2D eigenvalue weighted by Crippen LogP contribution is -2.29. The molecule has 0 unspecified atom stereocenters. The van der Waals surface area contributed by atoms with E-state index in [4.69, 9.17) is 4.74 Å². The monoisotopic (exact) mass is 398 g/mol. The summed E-state index contributed by atoms with van der Waals surface area (Å²) in [7, 11) is 1.62. The molecule has 0 atom stereocenters. The SMILES string of the molecule is COCCNC(=O)CCNCc1cc(Br)c(Br)s1. The maximum absolute atomic E-state index is 11.4. The van der Waals surface area contributed by atoms with Gasteiger partial charge in [-0.1, -0.05) is 0 Å². The van der Waals surface area contributed by atoms with Crippen molar-refractivity contribution in [3.8, 4) is 0 Å². The molecule has 1 aromatic heterocycles. The largest absolute Gasteiger partial charge is 0.383 e. The summed E-state index contributed by atoms with van der Waals surface area (Å²) in [4.78, 5) is 12.6. The van der Waals surface area contributed by atoms with E-state index in [1.165, 1.54) is 4.88 Å². The van der Waals surface area contributed by atoms with Crippen molar-refractivity contribution in [1.29, 1.82) is 0 Å². The summed E-state index contributed by atoms with van der Waals surface area (Å²) in [6.07, 6.45) is 0.484. The number of carbonyl (C=O) groups is 1. The third-order valence-corrected chi connectivity index (χ3v) is 5.41. The van der Waals surface area contributed by atoms with Gasteiger partial charge in [0.25, 0.3) is 0 Å². The number of methoxy groups -OCH3 is 1. The van der Waals surface area contributed by atoms with E-state index in [2.05, 4.69) is 48.6 Å². The Bertz CT molecular complexity index is 366. The van der Waals surface area contributed by atoms with Gasteiger partial charge in [0.05, 0.1) is 10.4 Å². The first-order chi connectivity index (χ1) is 8.63. The minimum Gasteiger partial charge on any atom is -0.383 e. The highest BCUT2D eigenvalue weighted by molar-refractivity contribution is 9.13. The number of amides is 1. The molecule has 0 aliphatic heterocycles. The molecule has 0 spiro atoms. The Morgan fingerprint density at radius 2 is 2.22 bits per heavy atom. The van der Waals surface area contributed by atoms with Gasteiger partial charge in [0, 0.05) is 42.5 Å². The number of hydrogen-bond acceptors (Lipinski definition) is 4. The Morgan fingerprint density at radius 3 is 2.83 bits per heavy atom. The third-order valence-electron chi connectivity index (χ3n) is 2.15. The molecule has 0 bridgehead atoms. The van der Waals surface area contributed by atoms with Crippen LogP contribution in [0.5, 0.6) is 0 Å². The average Bonchev–Trinajstić information content (AvgIpc) is 2.65. The van der Waals surface area contributed by atoms with E-state index in [9.17, 15) is 4.79 Å². The summed E-state index contributed by atoms with van der Waals surface area (Å²) < 4.78 is 7.02. The molecule has 1 rings (SSSR count). The van der Waals surface area contributed by atoms with Crippen molar-refractivity contribution in [2.75, 3.05) is 26.8 Å². The number of nitrogens with one attached hydrogen (secondary N) is 2. The predicted octanol–water partition coefficient (Wildman–Crippen LogP) is 2.52. The van der Waals surface area contributed by atoms with Crippen molar-refractivity contribution in [2.24, 2.45) is 0 Å². The third kappa shape index (κ3) is 6.29. The fourth-order valence-corrected chi connectivity index (χ4v) is 3.42. The first-order valence-corrected chi connectivity index (χ1v) is 7.93. The van der Waals surface area contributed by atoms with E-state index < -0.39 is 0 Å². The van der Waals surface area contributed by atoms with E-state index in [1.54, 1.807) is 18.4 Å². The van der Waals surface area contributed by atoms with E-state index in [0.29, 0.717) is 26.1 Å². The van der Waals surface area contributed by atoms with Gasteiger partial charge in [-0.2, -0.15) is 0 Å². The number of rotatable bonds is 8. The maximum atomic E-state index is 11.4. The highest BCUT2D eigenvalue weighted by Crippen LogP contribution is 2.32. The second-order valence-corrected chi connectivity index (χ2v) is 6.91. The van der Waals surface area contributed by atoms with E-state index in [1.807, 2.05) is 0 Å². The molecule has 0 fully saturated rings. The zero-order chi connectivity index (χ0) is 13.4. The molecule has 0 aliphatic carbocycles. The lowest BCUT2D eigenvalue weighted by atomic mass is 10.4. The number of carbonyl (C=O) groups excluding carboxylic acids is 1. The van der Waals surface area contributed by atoms with Crippen LogP contribution in [0.25, 0.3) is 0 Å². The lowest BCUT2D eigenvalue weighted by molar-refractivity contribution is -0.121. The molecule has 2 N–H and O–H groups in total. The van der Waals surface area contributed by atoms with Crippen LogP contribution < -0.4 is 10.6 Å². The van der Waals surface area contributed by atoms with Gasteiger partial charge >= 0.3 is 0 Å². The molecule has 1 amide bonds. The van der Waals surface area contributed by atoms with Crippen LogP contribution in [-0.4, -0.2) is 32.7 Å². The van der Waals surface area contributed by atoms with Crippen molar-refractivity contribution < 1.29 is 9.53 Å². The molecule has 102 valence electrons. The molecular weight excluding hydrogens is 384 g/mol. The maximum Gasteiger partial charge on any atom is 0.221 e. The zero-order valence-electron chi connectivity index (χ0n) is 10.1. The number of hydrogen-bond donors (Lipinski definition) is 2. The average molecular weight is 400 g/mol. The van der Waals surface area contributed by atoms with Gasteiger partial charge in [-0.25, -0.2) is 0 Å². The molecule has 1 aromatic rings. The lowest BCUT2D eigenvalue weighted by Gasteiger charge is -2.05. The highest BCUT2D eigenvalue weighted by atomic mass is 79.9. The molecule has 0 saturated carbocycles. The van der Waals surface area contributed by atoms with Crippen LogP contribution in [0, 0.1) is 0 Å². The minimum absolute atomic E-state index is 0.0492. The first-order valence-electron chi connectivity index (χ1n) is 5.53. The fraction of sp³-hybridized carbons (Fsp3) is 0.545. The number of ether oxygens (including phenoxy) is 1. The summed E-state index contributed by atoms with van der Waals surface area (Å²) in [6, 6.07) is 2.07. The van der Waals surface area contributed by atoms with Crippen LogP contribution in [0.2, 0.25) is 0 Å². The van der Waals surface area contributed by atoms with Crippen molar-refractivity contribution in [3.05, 3.63) is 19.2 Å². The number of halogens is 2. The fourth-order valence-electron chi connectivity index (χ4n) is 1.27. The molecule has 18 heavy (non-hydrogen) atoms. The van der Waals surface area contributed by atoms with E-state index in [-0.39, 0.29) is 5.91 Å². The van der Waals surface area contributed by atoms with E-state index in [0.717, 1.165) is 14.8 Å². The quantitative estimate of drug-likeness (QED) is 0.660. The molecule has 1 heterocycles. The molecule has 0 aromatic carbocycles. The smallest absolute Gasteiger partial charge is 0.221 e. The van der Waals surface area contributed by atoms with Crippen LogP contribution in [0.1, 0.15) is 11.3 Å². The van der Waals surface area contributed by atoms with Gasteiger partial charge in [-0.05, 0) is 37.9 Å². The zero-order valence-corrected chi connectivity index (χ0v) is 14.1. The normalized spacial score (nSPS) is 10.6. The topological polar surface area (TPSA) is 50.4 Å². The second kappa shape index (κ2) is 9.03. The summed E-state index contributed by atoms with van der Waals surface area (Å²) in [5, 5.41) is 6.02. The Hall–Kier alpha value is 0.0500. The molecule has 0 radical (unpaired) electrons. The minimum atomic E-state index is 0.0492. The Labute approximate surface area is 128 Å². The van der Waals surface area contributed by atoms with Crippen LogP contribution in [0.4, 0.5) is 0 Å². The molecule has 4 nitrogen and oxygen atoms in total. The van der Waals surface area contributed by atoms with Crippen molar-refractivity contribution in [3.63, 3.8) is 0 Å². The predicted molar refractivity (Wildman–Crippen MR) is 80.9 cm³/mol. The molecular formula is C11H16Br2N2O2S. The summed E-state index contributed by atoms with van der Waals surface area (Å²) in [5.41, 5.74) is 0. The number of thiophene rings is 1. The van der Waals surface area contributed by atoms with Gasteiger partial charge in [-0.15, -0.1) is 11.3 Å². The van der Waals surface area contributed by atoms with Gasteiger partial charge in [0.1, 0.15) is 0 Å². The van der Waals surface area contributed by atoms with Gasteiger partial charge < -0.3 is 15.4 Å². The van der Waals surface area contributed by atoms with Gasteiger partial charge in [0.2, 0.25) is 5.91 Å².